The van der Waals surface area contributed by atoms with Crippen LogP contribution in [0.1, 0.15) is 6.92 Å². The summed E-state index contributed by atoms with van der Waals surface area (Å²) in [5.41, 5.74) is 1.14. The molecule has 1 saturated heterocycles. The second kappa shape index (κ2) is 5.81. The summed E-state index contributed by atoms with van der Waals surface area (Å²) >= 11 is 11.5. The number of benzene rings is 1. The lowest BCUT2D eigenvalue weighted by molar-refractivity contribution is -0.130. The molecule has 0 spiro atoms. The van der Waals surface area contributed by atoms with E-state index in [0.717, 1.165) is 30.3 Å². The van der Waals surface area contributed by atoms with Crippen LogP contribution in [-0.2, 0) is 4.79 Å². The second-order valence-electron chi connectivity index (χ2n) is 4.49. The molecule has 98 valence electrons. The lowest BCUT2D eigenvalue weighted by Gasteiger charge is -2.40. The van der Waals surface area contributed by atoms with E-state index in [1.54, 1.807) is 0 Å². The summed E-state index contributed by atoms with van der Waals surface area (Å²) in [6.07, 6.45) is 0. The van der Waals surface area contributed by atoms with Crippen LogP contribution in [0.4, 0.5) is 5.69 Å². The van der Waals surface area contributed by atoms with E-state index in [0.29, 0.717) is 0 Å². The highest BCUT2D eigenvalue weighted by atomic mass is 35.5. The topological polar surface area (TPSA) is 23.6 Å². The van der Waals surface area contributed by atoms with Crippen molar-refractivity contribution in [3.8, 4) is 0 Å². The first kappa shape index (κ1) is 13.5. The van der Waals surface area contributed by atoms with Crippen LogP contribution in [0.15, 0.2) is 24.3 Å². The highest BCUT2D eigenvalue weighted by Gasteiger charge is 2.26. The minimum Gasteiger partial charge on any atom is -0.368 e. The van der Waals surface area contributed by atoms with Crippen LogP contribution in [0, 0.1) is 0 Å². The van der Waals surface area contributed by atoms with Gasteiger partial charge in [-0.05, 0) is 31.2 Å². The number of carbonyl (C=O) groups is 1. The molecule has 1 aromatic carbocycles. The van der Waals surface area contributed by atoms with E-state index < -0.39 is 0 Å². The fraction of sp³-hybridized carbons (Fsp3) is 0.462. The van der Waals surface area contributed by atoms with E-state index in [1.165, 1.54) is 0 Å². The number of carbonyl (C=O) groups excluding carboxylic acids is 1. The summed E-state index contributed by atoms with van der Waals surface area (Å²) in [5.74, 6) is 0.0746. The zero-order valence-corrected chi connectivity index (χ0v) is 11.8. The van der Waals surface area contributed by atoms with Crippen LogP contribution in [0.3, 0.4) is 0 Å². The Balaban J connectivity index is 2.04. The number of hydrogen-bond donors (Lipinski definition) is 0. The van der Waals surface area contributed by atoms with E-state index >= 15 is 0 Å². The first-order valence-electron chi connectivity index (χ1n) is 5.97. The molecule has 18 heavy (non-hydrogen) atoms. The van der Waals surface area contributed by atoms with Crippen LogP contribution < -0.4 is 4.90 Å². The molecule has 0 bridgehead atoms. The Morgan fingerprint density at radius 3 is 2.56 bits per heavy atom. The molecule has 1 aliphatic heterocycles. The van der Waals surface area contributed by atoms with Crippen LogP contribution in [0.5, 0.6) is 0 Å². The molecule has 5 heteroatoms. The smallest absolute Gasteiger partial charge is 0.237 e. The van der Waals surface area contributed by atoms with Crippen molar-refractivity contribution in [2.24, 2.45) is 0 Å². The maximum absolute atomic E-state index is 11.6. The molecular weight excluding hydrogens is 271 g/mol. The third-order valence-electron chi connectivity index (χ3n) is 3.25. The number of amides is 1. The van der Waals surface area contributed by atoms with Gasteiger partial charge in [0.1, 0.15) is 5.88 Å². The van der Waals surface area contributed by atoms with Gasteiger partial charge in [0.25, 0.3) is 0 Å². The molecule has 1 heterocycles. The number of halogens is 2. The number of alkyl halides is 1. The minimum atomic E-state index is 0.0138. The van der Waals surface area contributed by atoms with E-state index in [1.807, 2.05) is 36.1 Å². The minimum absolute atomic E-state index is 0.0138. The van der Waals surface area contributed by atoms with Gasteiger partial charge in [0, 0.05) is 36.4 Å². The molecule has 1 unspecified atom stereocenters. The standard InChI is InChI=1S/C13H16Cl2N2O/c1-10-9-16(6-7-17(10)13(18)8-14)12-4-2-11(15)3-5-12/h2-5,10H,6-9H2,1H3. The molecule has 1 aromatic rings. The average Bonchev–Trinajstić information content (AvgIpc) is 2.38. The molecular formula is C13H16Cl2N2O. The second-order valence-corrected chi connectivity index (χ2v) is 5.20. The quantitative estimate of drug-likeness (QED) is 0.781. The van der Waals surface area contributed by atoms with Crippen molar-refractivity contribution in [1.82, 2.24) is 4.90 Å². The largest absolute Gasteiger partial charge is 0.368 e. The molecule has 0 radical (unpaired) electrons. The SMILES string of the molecule is CC1CN(c2ccc(Cl)cc2)CCN1C(=O)CCl. The number of rotatable bonds is 2. The van der Waals surface area contributed by atoms with E-state index in [-0.39, 0.29) is 17.8 Å². The Morgan fingerprint density at radius 2 is 2.00 bits per heavy atom. The maximum Gasteiger partial charge on any atom is 0.237 e. The van der Waals surface area contributed by atoms with E-state index in [4.69, 9.17) is 23.2 Å². The van der Waals surface area contributed by atoms with E-state index in [9.17, 15) is 4.79 Å². The monoisotopic (exact) mass is 286 g/mol. The Labute approximate surface area is 117 Å². The zero-order chi connectivity index (χ0) is 13.1. The lowest BCUT2D eigenvalue weighted by atomic mass is 10.1. The summed E-state index contributed by atoms with van der Waals surface area (Å²) in [6, 6.07) is 7.97. The summed E-state index contributed by atoms with van der Waals surface area (Å²) in [5, 5.41) is 0.739. The molecule has 0 N–H and O–H groups in total. The zero-order valence-electron chi connectivity index (χ0n) is 10.3. The average molecular weight is 287 g/mol. The van der Waals surface area contributed by atoms with Crippen molar-refractivity contribution < 1.29 is 4.79 Å². The van der Waals surface area contributed by atoms with Gasteiger partial charge < -0.3 is 9.80 Å². The highest BCUT2D eigenvalue weighted by Crippen LogP contribution is 2.21. The Kier molecular flexibility index (Phi) is 4.36. The van der Waals surface area contributed by atoms with Crippen molar-refractivity contribution in [2.75, 3.05) is 30.4 Å². The Morgan fingerprint density at radius 1 is 1.33 bits per heavy atom. The van der Waals surface area contributed by atoms with Crippen LogP contribution in [0.2, 0.25) is 5.02 Å². The highest BCUT2D eigenvalue weighted by molar-refractivity contribution is 6.30. The van der Waals surface area contributed by atoms with Gasteiger partial charge in [0.2, 0.25) is 5.91 Å². The molecule has 1 amide bonds. The summed E-state index contributed by atoms with van der Waals surface area (Å²) < 4.78 is 0. The van der Waals surface area contributed by atoms with Crippen LogP contribution in [-0.4, -0.2) is 42.4 Å². The van der Waals surface area contributed by atoms with Crippen LogP contribution in [0.25, 0.3) is 0 Å². The van der Waals surface area contributed by atoms with Gasteiger partial charge in [-0.1, -0.05) is 11.6 Å². The fourth-order valence-corrected chi connectivity index (χ4v) is 2.57. The maximum atomic E-state index is 11.6. The van der Waals surface area contributed by atoms with Gasteiger partial charge in [-0.2, -0.15) is 0 Å². The first-order valence-corrected chi connectivity index (χ1v) is 6.89. The van der Waals surface area contributed by atoms with Crippen molar-refractivity contribution in [3.05, 3.63) is 29.3 Å². The number of hydrogen-bond acceptors (Lipinski definition) is 2. The molecule has 0 aliphatic carbocycles. The van der Waals surface area contributed by atoms with Crippen molar-refractivity contribution in [2.45, 2.75) is 13.0 Å². The van der Waals surface area contributed by atoms with Crippen molar-refractivity contribution >= 4 is 34.8 Å². The van der Waals surface area contributed by atoms with Gasteiger partial charge in [-0.3, -0.25) is 4.79 Å². The van der Waals surface area contributed by atoms with Crippen LogP contribution >= 0.6 is 23.2 Å². The number of nitrogens with zero attached hydrogens (tertiary/aromatic N) is 2. The van der Waals surface area contributed by atoms with Crippen molar-refractivity contribution in [1.29, 1.82) is 0 Å². The Hall–Kier alpha value is -0.930. The third-order valence-corrected chi connectivity index (χ3v) is 3.73. The normalized spacial score (nSPS) is 20.1. The van der Waals surface area contributed by atoms with Gasteiger partial charge >= 0.3 is 0 Å². The number of anilines is 1. The molecule has 2 rings (SSSR count). The molecule has 1 atom stereocenters. The molecule has 0 aromatic heterocycles. The van der Waals surface area contributed by atoms with E-state index in [2.05, 4.69) is 4.90 Å². The summed E-state index contributed by atoms with van der Waals surface area (Å²) in [7, 11) is 0. The molecule has 3 nitrogen and oxygen atoms in total. The predicted molar refractivity (Wildman–Crippen MR) is 75.6 cm³/mol. The molecule has 1 fully saturated rings. The van der Waals surface area contributed by atoms with Gasteiger partial charge in [0.05, 0.1) is 0 Å². The van der Waals surface area contributed by atoms with Gasteiger partial charge in [0.15, 0.2) is 0 Å². The third kappa shape index (κ3) is 2.90. The number of piperazine rings is 1. The summed E-state index contributed by atoms with van der Waals surface area (Å²) in [4.78, 5) is 15.7. The van der Waals surface area contributed by atoms with Gasteiger partial charge in [-0.25, -0.2) is 0 Å². The molecule has 0 saturated carbocycles. The lowest BCUT2D eigenvalue weighted by Crippen LogP contribution is -2.54. The Bertz CT molecular complexity index is 422. The molecule has 1 aliphatic rings. The predicted octanol–water partition coefficient (Wildman–Crippen LogP) is 2.62. The first-order chi connectivity index (χ1) is 8.61. The fourth-order valence-electron chi connectivity index (χ4n) is 2.29. The summed E-state index contributed by atoms with van der Waals surface area (Å²) in [6.45, 7) is 4.42. The van der Waals surface area contributed by atoms with Crippen molar-refractivity contribution in [3.63, 3.8) is 0 Å². The van der Waals surface area contributed by atoms with Gasteiger partial charge in [-0.15, -0.1) is 11.6 Å².